The SMILES string of the molecule is CCC(C(=O)O)c1ccc(N2C(=O)c3c(c(OC(F)F)c4ccccc4c3OC(C)C)C2=O)cc1F. The van der Waals surface area contributed by atoms with Gasteiger partial charge in [0.05, 0.1) is 28.8 Å². The van der Waals surface area contributed by atoms with E-state index in [1.807, 2.05) is 0 Å². The van der Waals surface area contributed by atoms with E-state index in [0.29, 0.717) is 4.90 Å². The molecular formula is C26H22F3NO6. The van der Waals surface area contributed by atoms with E-state index < -0.39 is 53.5 Å². The zero-order chi connectivity index (χ0) is 26.3. The number of alkyl halides is 2. The lowest BCUT2D eigenvalue weighted by Crippen LogP contribution is -2.30. The minimum Gasteiger partial charge on any atom is -0.489 e. The average Bonchev–Trinajstić information content (AvgIpc) is 3.07. The summed E-state index contributed by atoms with van der Waals surface area (Å²) in [5.41, 5.74) is -0.993. The number of ether oxygens (including phenoxy) is 2. The van der Waals surface area contributed by atoms with Crippen LogP contribution in [-0.4, -0.2) is 35.6 Å². The first kappa shape index (κ1) is 25.0. The molecule has 1 atom stereocenters. The molecule has 4 rings (SSSR count). The van der Waals surface area contributed by atoms with Gasteiger partial charge in [0.25, 0.3) is 11.8 Å². The molecule has 2 amide bonds. The molecule has 7 nitrogen and oxygen atoms in total. The topological polar surface area (TPSA) is 93.1 Å². The average molecular weight is 501 g/mol. The minimum atomic E-state index is -3.29. The maximum Gasteiger partial charge on any atom is 0.387 e. The van der Waals surface area contributed by atoms with Crippen molar-refractivity contribution >= 4 is 34.2 Å². The van der Waals surface area contributed by atoms with Crippen molar-refractivity contribution in [3.63, 3.8) is 0 Å². The van der Waals surface area contributed by atoms with Crippen molar-refractivity contribution in [3.8, 4) is 11.5 Å². The number of carboxylic acid groups (broad SMARTS) is 1. The van der Waals surface area contributed by atoms with Gasteiger partial charge in [-0.25, -0.2) is 9.29 Å². The van der Waals surface area contributed by atoms with Crippen LogP contribution in [0.3, 0.4) is 0 Å². The highest BCUT2D eigenvalue weighted by Gasteiger charge is 2.44. The second kappa shape index (κ2) is 9.52. The molecule has 0 saturated carbocycles. The molecule has 0 aliphatic carbocycles. The molecule has 10 heteroatoms. The largest absolute Gasteiger partial charge is 0.489 e. The van der Waals surface area contributed by atoms with Gasteiger partial charge in [-0.05, 0) is 32.4 Å². The predicted octanol–water partition coefficient (Wildman–Crippen LogP) is 5.75. The highest BCUT2D eigenvalue weighted by molar-refractivity contribution is 6.38. The van der Waals surface area contributed by atoms with Crippen LogP contribution in [0.1, 0.15) is 59.4 Å². The number of hydrogen-bond donors (Lipinski definition) is 1. The molecule has 0 bridgehead atoms. The van der Waals surface area contributed by atoms with Crippen LogP contribution in [0.4, 0.5) is 18.9 Å². The number of imide groups is 1. The van der Waals surface area contributed by atoms with Crippen molar-refractivity contribution in [1.29, 1.82) is 0 Å². The summed E-state index contributed by atoms with van der Waals surface area (Å²) in [6.45, 7) is 1.70. The zero-order valence-corrected chi connectivity index (χ0v) is 19.6. The van der Waals surface area contributed by atoms with Gasteiger partial charge in [0.1, 0.15) is 17.3 Å². The van der Waals surface area contributed by atoms with Gasteiger partial charge in [0.2, 0.25) is 0 Å². The Hall–Kier alpha value is -4.08. The van der Waals surface area contributed by atoms with Gasteiger partial charge >= 0.3 is 12.6 Å². The highest BCUT2D eigenvalue weighted by Crippen LogP contribution is 2.47. The molecule has 0 spiro atoms. The number of nitrogens with zero attached hydrogens (tertiary/aromatic N) is 1. The number of benzene rings is 3. The van der Waals surface area contributed by atoms with Gasteiger partial charge in [-0.3, -0.25) is 14.4 Å². The first-order valence-electron chi connectivity index (χ1n) is 11.2. The van der Waals surface area contributed by atoms with Crippen molar-refractivity contribution in [2.24, 2.45) is 0 Å². The molecule has 1 aliphatic heterocycles. The van der Waals surface area contributed by atoms with E-state index in [0.717, 1.165) is 6.07 Å². The van der Waals surface area contributed by atoms with Crippen LogP contribution in [0.25, 0.3) is 10.8 Å². The Bertz CT molecular complexity index is 1320. The first-order valence-corrected chi connectivity index (χ1v) is 11.2. The van der Waals surface area contributed by atoms with Crippen molar-refractivity contribution in [3.05, 3.63) is 65.0 Å². The van der Waals surface area contributed by atoms with E-state index in [4.69, 9.17) is 9.47 Å². The lowest BCUT2D eigenvalue weighted by Gasteiger charge is -2.18. The van der Waals surface area contributed by atoms with E-state index >= 15 is 0 Å². The van der Waals surface area contributed by atoms with Crippen LogP contribution >= 0.6 is 0 Å². The van der Waals surface area contributed by atoms with Crippen molar-refractivity contribution in [2.75, 3.05) is 4.90 Å². The standard InChI is InChI=1S/C26H22F3NO6/c1-4-14(25(33)34)15-10-9-13(11-18(15)27)30-23(31)19-20(24(30)32)22(36-26(28)29)17-8-6-5-7-16(17)21(19)35-12(2)3/h5-12,14,26H,4H2,1-3H3,(H,33,34). The fraction of sp³-hybridized carbons (Fsp3) is 0.269. The molecule has 1 unspecified atom stereocenters. The van der Waals surface area contributed by atoms with Crippen LogP contribution in [0.2, 0.25) is 0 Å². The van der Waals surface area contributed by atoms with Gasteiger partial charge in [-0.1, -0.05) is 37.3 Å². The molecule has 0 fully saturated rings. The first-order chi connectivity index (χ1) is 17.1. The molecule has 3 aromatic carbocycles. The van der Waals surface area contributed by atoms with Gasteiger partial charge < -0.3 is 14.6 Å². The Morgan fingerprint density at radius 3 is 1.97 bits per heavy atom. The summed E-state index contributed by atoms with van der Waals surface area (Å²) in [5.74, 6) is -5.64. The van der Waals surface area contributed by atoms with Gasteiger partial charge in [-0.15, -0.1) is 0 Å². The maximum absolute atomic E-state index is 15.0. The van der Waals surface area contributed by atoms with E-state index in [2.05, 4.69) is 0 Å². The predicted molar refractivity (Wildman–Crippen MR) is 125 cm³/mol. The molecule has 3 aromatic rings. The summed E-state index contributed by atoms with van der Waals surface area (Å²) in [6.07, 6.45) is -0.315. The number of carbonyl (C=O) groups is 3. The Kier molecular flexibility index (Phi) is 6.62. The van der Waals surface area contributed by atoms with Crippen molar-refractivity contribution < 1.29 is 42.1 Å². The Balaban J connectivity index is 1.93. The summed E-state index contributed by atoms with van der Waals surface area (Å²) >= 11 is 0. The third-order valence-electron chi connectivity index (χ3n) is 5.84. The molecule has 1 N–H and O–H groups in total. The third-order valence-corrected chi connectivity index (χ3v) is 5.84. The van der Waals surface area contributed by atoms with Crippen LogP contribution in [0.15, 0.2) is 42.5 Å². The fourth-order valence-electron chi connectivity index (χ4n) is 4.37. The smallest absolute Gasteiger partial charge is 0.387 e. The molecule has 188 valence electrons. The quantitative estimate of drug-likeness (QED) is 0.396. The van der Waals surface area contributed by atoms with Gasteiger partial charge in [-0.2, -0.15) is 8.78 Å². The second-order valence-corrected chi connectivity index (χ2v) is 8.45. The monoisotopic (exact) mass is 501 g/mol. The van der Waals surface area contributed by atoms with Crippen LogP contribution in [-0.2, 0) is 4.79 Å². The number of aliphatic carboxylic acids is 1. The maximum atomic E-state index is 15.0. The molecule has 0 radical (unpaired) electrons. The Labute approximate surface area is 204 Å². The number of halogens is 3. The van der Waals surface area contributed by atoms with Crippen molar-refractivity contribution in [2.45, 2.75) is 45.8 Å². The number of carbonyl (C=O) groups excluding carboxylic acids is 2. The number of rotatable bonds is 8. The Morgan fingerprint density at radius 2 is 1.53 bits per heavy atom. The van der Waals surface area contributed by atoms with Crippen LogP contribution < -0.4 is 14.4 Å². The molecular weight excluding hydrogens is 479 g/mol. The number of fused-ring (bicyclic) bond motifs is 2. The lowest BCUT2D eigenvalue weighted by molar-refractivity contribution is -0.138. The molecule has 1 aliphatic rings. The summed E-state index contributed by atoms with van der Waals surface area (Å²) in [5, 5.41) is 9.79. The molecule has 1 heterocycles. The van der Waals surface area contributed by atoms with Crippen LogP contribution in [0, 0.1) is 5.82 Å². The summed E-state index contributed by atoms with van der Waals surface area (Å²) < 4.78 is 52.3. The van der Waals surface area contributed by atoms with Gasteiger partial charge in [0, 0.05) is 16.3 Å². The van der Waals surface area contributed by atoms with Crippen LogP contribution in [0.5, 0.6) is 11.5 Å². The zero-order valence-electron chi connectivity index (χ0n) is 19.6. The summed E-state index contributed by atoms with van der Waals surface area (Å²) in [6, 6.07) is 9.50. The summed E-state index contributed by atoms with van der Waals surface area (Å²) in [4.78, 5) is 39.2. The number of hydrogen-bond acceptors (Lipinski definition) is 5. The molecule has 0 aromatic heterocycles. The highest BCUT2D eigenvalue weighted by atomic mass is 19.3. The minimum absolute atomic E-state index is 0.0204. The van der Waals surface area contributed by atoms with E-state index in [1.165, 1.54) is 18.2 Å². The lowest BCUT2D eigenvalue weighted by atomic mass is 9.96. The summed E-state index contributed by atoms with van der Waals surface area (Å²) in [7, 11) is 0. The van der Waals surface area contributed by atoms with E-state index in [1.54, 1.807) is 39.0 Å². The number of amides is 2. The Morgan fingerprint density at radius 1 is 0.972 bits per heavy atom. The molecule has 0 saturated heterocycles. The second-order valence-electron chi connectivity index (χ2n) is 8.45. The van der Waals surface area contributed by atoms with Crippen molar-refractivity contribution in [1.82, 2.24) is 0 Å². The van der Waals surface area contributed by atoms with Gasteiger partial charge in [0.15, 0.2) is 0 Å². The normalized spacial score (nSPS) is 14.1. The van der Waals surface area contributed by atoms with E-state index in [-0.39, 0.29) is 39.8 Å². The number of anilines is 1. The molecule has 36 heavy (non-hydrogen) atoms. The fourth-order valence-corrected chi connectivity index (χ4v) is 4.37. The number of carboxylic acids is 1. The van der Waals surface area contributed by atoms with E-state index in [9.17, 15) is 32.7 Å². The third kappa shape index (κ3) is 4.12.